The van der Waals surface area contributed by atoms with Crippen LogP contribution in [0.2, 0.25) is 0 Å². The Hall–Kier alpha value is -0.640. The van der Waals surface area contributed by atoms with E-state index in [4.69, 9.17) is 5.73 Å². The second kappa shape index (κ2) is 6.00. The van der Waals surface area contributed by atoms with Gasteiger partial charge in [-0.3, -0.25) is 0 Å². The molecule has 0 radical (unpaired) electrons. The van der Waals surface area contributed by atoms with Gasteiger partial charge in [-0.05, 0) is 46.5 Å². The monoisotopic (exact) mass is 323 g/mol. The summed E-state index contributed by atoms with van der Waals surface area (Å²) in [6.07, 6.45) is 2.85. The smallest absolute Gasteiger partial charge is 0.0701 e. The number of halogens is 1. The third-order valence-electron chi connectivity index (χ3n) is 3.26. The summed E-state index contributed by atoms with van der Waals surface area (Å²) in [4.78, 5) is 1.35. The number of thiophene rings is 1. The van der Waals surface area contributed by atoms with Gasteiger partial charge < -0.3 is 5.73 Å². The van der Waals surface area contributed by atoms with Crippen molar-refractivity contribution in [2.45, 2.75) is 31.7 Å². The molecule has 3 heteroatoms. The Bertz CT molecular complexity index is 494. The molecule has 0 saturated carbocycles. The summed E-state index contributed by atoms with van der Waals surface area (Å²) < 4.78 is 1.18. The molecule has 1 nitrogen and oxygen atoms in total. The fraction of sp³-hybridized carbons (Fsp3) is 0.333. The first-order valence-corrected chi connectivity index (χ1v) is 7.79. The number of rotatable bonds is 5. The number of hydrogen-bond acceptors (Lipinski definition) is 2. The summed E-state index contributed by atoms with van der Waals surface area (Å²) in [7, 11) is 0. The van der Waals surface area contributed by atoms with E-state index in [1.165, 1.54) is 14.2 Å². The molecule has 1 aromatic carbocycles. The van der Waals surface area contributed by atoms with Crippen LogP contribution < -0.4 is 5.73 Å². The van der Waals surface area contributed by atoms with Gasteiger partial charge in [0.05, 0.1) is 3.79 Å². The van der Waals surface area contributed by atoms with E-state index in [0.29, 0.717) is 0 Å². The molecular weight excluding hydrogens is 306 g/mol. The van der Waals surface area contributed by atoms with E-state index in [1.54, 1.807) is 11.3 Å². The first kappa shape index (κ1) is 13.8. The molecule has 0 bridgehead atoms. The van der Waals surface area contributed by atoms with E-state index in [9.17, 15) is 0 Å². The number of nitrogens with two attached hydrogens (primary N) is 1. The van der Waals surface area contributed by atoms with Crippen molar-refractivity contribution in [1.82, 2.24) is 0 Å². The van der Waals surface area contributed by atoms with Crippen LogP contribution in [0.3, 0.4) is 0 Å². The molecule has 2 aromatic rings. The molecule has 18 heavy (non-hydrogen) atoms. The zero-order valence-corrected chi connectivity index (χ0v) is 12.9. The predicted octanol–water partition coefficient (Wildman–Crippen LogP) is 4.40. The summed E-state index contributed by atoms with van der Waals surface area (Å²) in [5, 5.41) is 0. The molecular formula is C15H18BrNS. The molecule has 1 unspecified atom stereocenters. The molecule has 0 aliphatic heterocycles. The van der Waals surface area contributed by atoms with E-state index in [-0.39, 0.29) is 5.54 Å². The van der Waals surface area contributed by atoms with E-state index >= 15 is 0 Å². The van der Waals surface area contributed by atoms with Gasteiger partial charge in [0.25, 0.3) is 0 Å². The highest BCUT2D eigenvalue weighted by molar-refractivity contribution is 9.11. The molecule has 0 aliphatic rings. The highest BCUT2D eigenvalue weighted by Crippen LogP contribution is 2.27. The van der Waals surface area contributed by atoms with Crippen LogP contribution in [0.4, 0.5) is 0 Å². The Morgan fingerprint density at radius 2 is 1.83 bits per heavy atom. The minimum absolute atomic E-state index is 0.147. The summed E-state index contributed by atoms with van der Waals surface area (Å²) in [6.45, 7) is 2.17. The van der Waals surface area contributed by atoms with Crippen molar-refractivity contribution in [1.29, 1.82) is 0 Å². The Morgan fingerprint density at radius 3 is 2.39 bits per heavy atom. The first-order chi connectivity index (χ1) is 8.61. The van der Waals surface area contributed by atoms with Crippen LogP contribution in [0.25, 0.3) is 0 Å². The summed E-state index contributed by atoms with van der Waals surface area (Å²) >= 11 is 5.28. The lowest BCUT2D eigenvalue weighted by Crippen LogP contribution is -2.43. The Morgan fingerprint density at radius 1 is 1.11 bits per heavy atom. The van der Waals surface area contributed by atoms with Crippen molar-refractivity contribution in [3.63, 3.8) is 0 Å². The van der Waals surface area contributed by atoms with E-state index < -0.39 is 0 Å². The van der Waals surface area contributed by atoms with Gasteiger partial charge in [0, 0.05) is 16.8 Å². The van der Waals surface area contributed by atoms with Crippen molar-refractivity contribution in [2.75, 3.05) is 0 Å². The molecule has 0 saturated heterocycles. The maximum absolute atomic E-state index is 6.56. The molecule has 96 valence electrons. The lowest BCUT2D eigenvalue weighted by molar-refractivity contribution is 0.407. The molecule has 1 heterocycles. The van der Waals surface area contributed by atoms with E-state index in [1.807, 2.05) is 6.07 Å². The van der Waals surface area contributed by atoms with E-state index in [0.717, 1.165) is 19.3 Å². The lowest BCUT2D eigenvalue weighted by atomic mass is 9.85. The van der Waals surface area contributed by atoms with Gasteiger partial charge in [0.2, 0.25) is 0 Å². The van der Waals surface area contributed by atoms with Crippen LogP contribution in [0.5, 0.6) is 0 Å². The maximum atomic E-state index is 6.56. The SMILES string of the molecule is CCC(N)(Cc1ccccc1)Cc1ccc(Br)s1. The molecule has 1 aromatic heterocycles. The summed E-state index contributed by atoms with van der Waals surface area (Å²) in [5.74, 6) is 0. The average molecular weight is 324 g/mol. The quantitative estimate of drug-likeness (QED) is 0.866. The number of benzene rings is 1. The third-order valence-corrected chi connectivity index (χ3v) is 4.88. The van der Waals surface area contributed by atoms with Crippen LogP contribution in [0.15, 0.2) is 46.3 Å². The average Bonchev–Trinajstić information content (AvgIpc) is 2.75. The molecule has 1 atom stereocenters. The second-order valence-electron chi connectivity index (χ2n) is 4.76. The standard InChI is InChI=1S/C15H18BrNS/c1-2-15(17,10-12-6-4-3-5-7-12)11-13-8-9-14(16)18-13/h3-9H,2,10-11,17H2,1H3. The minimum Gasteiger partial charge on any atom is -0.324 e. The highest BCUT2D eigenvalue weighted by atomic mass is 79.9. The lowest BCUT2D eigenvalue weighted by Gasteiger charge is -2.28. The van der Waals surface area contributed by atoms with Gasteiger partial charge in [0.15, 0.2) is 0 Å². The third kappa shape index (κ3) is 3.67. The van der Waals surface area contributed by atoms with Gasteiger partial charge in [0.1, 0.15) is 0 Å². The summed E-state index contributed by atoms with van der Waals surface area (Å²) in [6, 6.07) is 14.8. The summed E-state index contributed by atoms with van der Waals surface area (Å²) in [5.41, 5.74) is 7.73. The van der Waals surface area contributed by atoms with Gasteiger partial charge in [-0.1, -0.05) is 37.3 Å². The molecule has 2 N–H and O–H groups in total. The van der Waals surface area contributed by atoms with Crippen molar-refractivity contribution in [3.8, 4) is 0 Å². The van der Waals surface area contributed by atoms with Crippen molar-refractivity contribution in [2.24, 2.45) is 5.73 Å². The molecule has 0 spiro atoms. The second-order valence-corrected chi connectivity index (χ2v) is 7.31. The first-order valence-electron chi connectivity index (χ1n) is 6.18. The largest absolute Gasteiger partial charge is 0.324 e. The van der Waals surface area contributed by atoms with Gasteiger partial charge in [-0.15, -0.1) is 11.3 Å². The van der Waals surface area contributed by atoms with Gasteiger partial charge in [-0.2, -0.15) is 0 Å². The zero-order chi connectivity index (χ0) is 13.0. The van der Waals surface area contributed by atoms with Gasteiger partial charge >= 0.3 is 0 Å². The van der Waals surface area contributed by atoms with Crippen LogP contribution >= 0.6 is 27.3 Å². The van der Waals surface area contributed by atoms with Crippen LogP contribution in [0, 0.1) is 0 Å². The topological polar surface area (TPSA) is 26.0 Å². The van der Waals surface area contributed by atoms with Crippen LogP contribution in [-0.2, 0) is 12.8 Å². The van der Waals surface area contributed by atoms with Crippen LogP contribution in [0.1, 0.15) is 23.8 Å². The zero-order valence-electron chi connectivity index (χ0n) is 10.5. The van der Waals surface area contributed by atoms with Crippen molar-refractivity contribution < 1.29 is 0 Å². The minimum atomic E-state index is -0.147. The number of hydrogen-bond donors (Lipinski definition) is 1. The maximum Gasteiger partial charge on any atom is 0.0701 e. The Balaban J connectivity index is 2.10. The van der Waals surface area contributed by atoms with Crippen LogP contribution in [-0.4, -0.2) is 5.54 Å². The highest BCUT2D eigenvalue weighted by Gasteiger charge is 2.24. The molecule has 0 fully saturated rings. The van der Waals surface area contributed by atoms with Crippen molar-refractivity contribution >= 4 is 27.3 Å². The Labute approximate surface area is 121 Å². The Kier molecular flexibility index (Phi) is 4.60. The predicted molar refractivity (Wildman–Crippen MR) is 83.1 cm³/mol. The molecule has 0 amide bonds. The fourth-order valence-corrected chi connectivity index (χ4v) is 3.75. The normalized spacial score (nSPS) is 14.4. The van der Waals surface area contributed by atoms with Gasteiger partial charge in [-0.25, -0.2) is 0 Å². The molecule has 2 rings (SSSR count). The van der Waals surface area contributed by atoms with E-state index in [2.05, 4.69) is 59.3 Å². The fourth-order valence-electron chi connectivity index (χ4n) is 2.11. The molecule has 0 aliphatic carbocycles. The van der Waals surface area contributed by atoms with Crippen molar-refractivity contribution in [3.05, 3.63) is 56.7 Å².